The number of rotatable bonds is 4. The average molecular weight is 195 g/mol. The van der Waals surface area contributed by atoms with Gasteiger partial charge in [-0.25, -0.2) is 4.98 Å². The van der Waals surface area contributed by atoms with Crippen molar-refractivity contribution in [1.29, 1.82) is 0 Å². The molecule has 80 valence electrons. The van der Waals surface area contributed by atoms with E-state index in [9.17, 15) is 0 Å². The number of hydrogen-bond donors (Lipinski definition) is 2. The molecule has 1 aromatic rings. The van der Waals surface area contributed by atoms with Gasteiger partial charge in [-0.3, -0.25) is 0 Å². The largest absolute Gasteiger partial charge is 0.344 e. The van der Waals surface area contributed by atoms with Crippen LogP contribution in [0.1, 0.15) is 44.4 Å². The molecule has 0 atom stereocenters. The van der Waals surface area contributed by atoms with E-state index in [1.54, 1.807) is 0 Å². The Labute approximate surface area is 86.3 Å². The van der Waals surface area contributed by atoms with Crippen LogP contribution in [0.4, 0.5) is 0 Å². The average Bonchev–Trinajstić information content (AvgIpc) is 2.49. The molecule has 1 heterocycles. The molecule has 0 bridgehead atoms. The minimum Gasteiger partial charge on any atom is -0.344 e. The molecule has 3 nitrogen and oxygen atoms in total. The maximum Gasteiger partial charge on any atom is 0.126 e. The van der Waals surface area contributed by atoms with Gasteiger partial charge in [0, 0.05) is 5.69 Å². The summed E-state index contributed by atoms with van der Waals surface area (Å²) in [6.07, 6.45) is 2.20. The first-order valence-electron chi connectivity index (χ1n) is 5.26. The third-order valence-corrected chi connectivity index (χ3v) is 2.69. The zero-order valence-electron chi connectivity index (χ0n) is 9.86. The molecule has 0 saturated heterocycles. The van der Waals surface area contributed by atoms with E-state index in [-0.39, 0.29) is 5.54 Å². The Hall–Kier alpha value is -0.830. The van der Waals surface area contributed by atoms with Crippen LogP contribution in [0, 0.1) is 6.92 Å². The highest BCUT2D eigenvalue weighted by Gasteiger charge is 2.22. The Bertz CT molecular complexity index is 299. The summed E-state index contributed by atoms with van der Waals surface area (Å²) >= 11 is 0. The molecule has 0 aliphatic rings. The SMILES string of the molecule is CCCc1nc(C(C)(C)NC)[nH]c1C. The van der Waals surface area contributed by atoms with Gasteiger partial charge in [-0.1, -0.05) is 13.3 Å². The lowest BCUT2D eigenvalue weighted by Crippen LogP contribution is -2.34. The Morgan fingerprint density at radius 2 is 2.07 bits per heavy atom. The predicted molar refractivity (Wildman–Crippen MR) is 59.4 cm³/mol. The van der Waals surface area contributed by atoms with Crippen LogP contribution < -0.4 is 5.32 Å². The van der Waals surface area contributed by atoms with E-state index in [4.69, 9.17) is 0 Å². The molecule has 1 rings (SSSR count). The minimum atomic E-state index is -0.0727. The number of aryl methyl sites for hydroxylation is 2. The second kappa shape index (κ2) is 4.13. The summed E-state index contributed by atoms with van der Waals surface area (Å²) < 4.78 is 0. The molecule has 1 aromatic heterocycles. The van der Waals surface area contributed by atoms with Gasteiger partial charge in [0.1, 0.15) is 5.82 Å². The van der Waals surface area contributed by atoms with Crippen LogP contribution in [0.5, 0.6) is 0 Å². The summed E-state index contributed by atoms with van der Waals surface area (Å²) in [5, 5.41) is 3.25. The lowest BCUT2D eigenvalue weighted by Gasteiger charge is -2.20. The van der Waals surface area contributed by atoms with Crippen molar-refractivity contribution >= 4 is 0 Å². The second-order valence-corrected chi connectivity index (χ2v) is 4.28. The van der Waals surface area contributed by atoms with Crippen LogP contribution >= 0.6 is 0 Å². The molecule has 0 aliphatic carbocycles. The smallest absolute Gasteiger partial charge is 0.126 e. The van der Waals surface area contributed by atoms with Crippen molar-refractivity contribution < 1.29 is 0 Å². The molecule has 0 spiro atoms. The van der Waals surface area contributed by atoms with Crippen molar-refractivity contribution in [3.63, 3.8) is 0 Å². The second-order valence-electron chi connectivity index (χ2n) is 4.28. The van der Waals surface area contributed by atoms with E-state index in [1.165, 1.54) is 11.4 Å². The third-order valence-electron chi connectivity index (χ3n) is 2.69. The van der Waals surface area contributed by atoms with Gasteiger partial charge in [0.25, 0.3) is 0 Å². The van der Waals surface area contributed by atoms with Gasteiger partial charge >= 0.3 is 0 Å². The van der Waals surface area contributed by atoms with Gasteiger partial charge in [-0.05, 0) is 34.2 Å². The van der Waals surface area contributed by atoms with Gasteiger partial charge in [-0.15, -0.1) is 0 Å². The molecule has 2 N–H and O–H groups in total. The Kier molecular flexibility index (Phi) is 3.32. The van der Waals surface area contributed by atoms with Crippen molar-refractivity contribution in [1.82, 2.24) is 15.3 Å². The van der Waals surface area contributed by atoms with Crippen molar-refractivity contribution in [2.24, 2.45) is 0 Å². The fourth-order valence-electron chi connectivity index (χ4n) is 1.39. The van der Waals surface area contributed by atoms with E-state index in [2.05, 4.69) is 43.0 Å². The number of imidazole rings is 1. The first-order chi connectivity index (χ1) is 6.51. The topological polar surface area (TPSA) is 40.7 Å². The van der Waals surface area contributed by atoms with Crippen molar-refractivity contribution in [2.75, 3.05) is 7.05 Å². The van der Waals surface area contributed by atoms with Gasteiger partial charge in [-0.2, -0.15) is 0 Å². The molecule has 0 amide bonds. The van der Waals surface area contributed by atoms with Gasteiger partial charge < -0.3 is 10.3 Å². The molecule has 0 aliphatic heterocycles. The highest BCUT2D eigenvalue weighted by atomic mass is 15.0. The Morgan fingerprint density at radius 1 is 1.43 bits per heavy atom. The standard InChI is InChI=1S/C11H21N3/c1-6-7-9-8(2)13-10(14-9)11(3,4)12-5/h12H,6-7H2,1-5H3,(H,13,14). The molecule has 0 radical (unpaired) electrons. The summed E-state index contributed by atoms with van der Waals surface area (Å²) in [5.41, 5.74) is 2.33. The maximum atomic E-state index is 4.62. The lowest BCUT2D eigenvalue weighted by atomic mass is 10.1. The molecular weight excluding hydrogens is 174 g/mol. The lowest BCUT2D eigenvalue weighted by molar-refractivity contribution is 0.419. The number of nitrogens with one attached hydrogen (secondary N) is 2. The van der Waals surface area contributed by atoms with Gasteiger partial charge in [0.05, 0.1) is 11.2 Å². The Balaban J connectivity index is 2.96. The van der Waals surface area contributed by atoms with Gasteiger partial charge in [0.15, 0.2) is 0 Å². The predicted octanol–water partition coefficient (Wildman–Crippen LogP) is 2.13. The fraction of sp³-hybridized carbons (Fsp3) is 0.727. The Morgan fingerprint density at radius 3 is 2.57 bits per heavy atom. The number of H-pyrrole nitrogens is 1. The quantitative estimate of drug-likeness (QED) is 0.772. The molecule has 0 fully saturated rings. The van der Waals surface area contributed by atoms with E-state index >= 15 is 0 Å². The van der Waals surface area contributed by atoms with Crippen LogP contribution in [-0.4, -0.2) is 17.0 Å². The molecule has 0 saturated carbocycles. The minimum absolute atomic E-state index is 0.0727. The fourth-order valence-corrected chi connectivity index (χ4v) is 1.39. The molecular formula is C11H21N3. The van der Waals surface area contributed by atoms with Crippen LogP contribution in [-0.2, 0) is 12.0 Å². The van der Waals surface area contributed by atoms with E-state index in [0.717, 1.165) is 18.7 Å². The maximum absolute atomic E-state index is 4.62. The third kappa shape index (κ3) is 2.15. The summed E-state index contributed by atoms with van der Waals surface area (Å²) in [5.74, 6) is 1.03. The summed E-state index contributed by atoms with van der Waals surface area (Å²) in [7, 11) is 1.96. The van der Waals surface area contributed by atoms with E-state index < -0.39 is 0 Å². The van der Waals surface area contributed by atoms with E-state index in [0.29, 0.717) is 0 Å². The molecule has 0 aromatic carbocycles. The van der Waals surface area contributed by atoms with Crippen molar-refractivity contribution in [2.45, 2.75) is 46.1 Å². The van der Waals surface area contributed by atoms with Gasteiger partial charge in [0.2, 0.25) is 0 Å². The molecule has 3 heteroatoms. The number of aromatic nitrogens is 2. The number of hydrogen-bond acceptors (Lipinski definition) is 2. The van der Waals surface area contributed by atoms with Crippen LogP contribution in [0.3, 0.4) is 0 Å². The van der Waals surface area contributed by atoms with Crippen molar-refractivity contribution in [3.05, 3.63) is 17.2 Å². The van der Waals surface area contributed by atoms with Crippen LogP contribution in [0.15, 0.2) is 0 Å². The van der Waals surface area contributed by atoms with Crippen LogP contribution in [0.25, 0.3) is 0 Å². The van der Waals surface area contributed by atoms with Crippen molar-refractivity contribution in [3.8, 4) is 0 Å². The highest BCUT2D eigenvalue weighted by molar-refractivity contribution is 5.17. The first kappa shape index (κ1) is 11.2. The summed E-state index contributed by atoms with van der Waals surface area (Å²) in [6, 6.07) is 0. The monoisotopic (exact) mass is 195 g/mol. The molecule has 14 heavy (non-hydrogen) atoms. The zero-order chi connectivity index (χ0) is 10.8. The molecule has 0 unspecified atom stereocenters. The van der Waals surface area contributed by atoms with E-state index in [1.807, 2.05) is 7.05 Å². The first-order valence-corrected chi connectivity index (χ1v) is 5.26. The number of aromatic amines is 1. The summed E-state index contributed by atoms with van der Waals surface area (Å²) in [6.45, 7) is 8.52. The normalized spacial score (nSPS) is 12.1. The summed E-state index contributed by atoms with van der Waals surface area (Å²) in [4.78, 5) is 7.97. The van der Waals surface area contributed by atoms with Crippen LogP contribution in [0.2, 0.25) is 0 Å². The highest BCUT2D eigenvalue weighted by Crippen LogP contribution is 2.18. The number of nitrogens with zero attached hydrogens (tertiary/aromatic N) is 1. The zero-order valence-corrected chi connectivity index (χ0v) is 9.86.